The van der Waals surface area contributed by atoms with Crippen LogP contribution in [0.15, 0.2) is 36.4 Å². The van der Waals surface area contributed by atoms with E-state index in [0.29, 0.717) is 66.6 Å². The summed E-state index contributed by atoms with van der Waals surface area (Å²) in [7, 11) is 6.03. The number of nitrogens with one attached hydrogen (secondary N) is 2. The number of ether oxygens (including phenoxy) is 4. The lowest BCUT2D eigenvalue weighted by Crippen LogP contribution is -2.46. The number of methoxy groups -OCH3 is 4. The molecule has 194 valence electrons. The molecule has 2 aromatic carbocycles. The first kappa shape index (κ1) is 26.7. The van der Waals surface area contributed by atoms with Crippen molar-refractivity contribution < 1.29 is 33.3 Å². The molecule has 2 aromatic rings. The van der Waals surface area contributed by atoms with Crippen molar-refractivity contribution in [3.05, 3.63) is 47.5 Å². The minimum absolute atomic E-state index is 0.193. The van der Waals surface area contributed by atoms with E-state index in [4.69, 9.17) is 18.9 Å². The van der Waals surface area contributed by atoms with E-state index in [-0.39, 0.29) is 17.7 Å². The minimum Gasteiger partial charge on any atom is -0.497 e. The van der Waals surface area contributed by atoms with Crippen LogP contribution in [0.1, 0.15) is 40.0 Å². The van der Waals surface area contributed by atoms with Gasteiger partial charge in [-0.1, -0.05) is 0 Å². The molecule has 1 saturated heterocycles. The van der Waals surface area contributed by atoms with E-state index in [1.807, 2.05) is 0 Å². The lowest BCUT2D eigenvalue weighted by atomic mass is 10.1. The maximum Gasteiger partial charge on any atom is 0.254 e. The third kappa shape index (κ3) is 6.18. The molecule has 1 heterocycles. The summed E-state index contributed by atoms with van der Waals surface area (Å²) in [5.41, 5.74) is 0.886. The number of amides is 3. The van der Waals surface area contributed by atoms with E-state index >= 15 is 0 Å². The summed E-state index contributed by atoms with van der Waals surface area (Å²) < 4.78 is 21.1. The fourth-order valence-corrected chi connectivity index (χ4v) is 4.12. The molecule has 3 amide bonds. The van der Waals surface area contributed by atoms with Crippen molar-refractivity contribution in [3.8, 4) is 23.0 Å². The predicted molar refractivity (Wildman–Crippen MR) is 133 cm³/mol. The molecule has 3 rings (SSSR count). The second kappa shape index (κ2) is 12.7. The second-order valence-corrected chi connectivity index (χ2v) is 8.20. The van der Waals surface area contributed by atoms with Crippen LogP contribution in [0.5, 0.6) is 23.0 Å². The summed E-state index contributed by atoms with van der Waals surface area (Å²) in [4.78, 5) is 39.9. The van der Waals surface area contributed by atoms with Crippen molar-refractivity contribution in [2.45, 2.75) is 25.3 Å². The van der Waals surface area contributed by atoms with Crippen molar-refractivity contribution in [2.24, 2.45) is 0 Å². The van der Waals surface area contributed by atoms with Gasteiger partial charge in [0.25, 0.3) is 11.8 Å². The first-order chi connectivity index (χ1) is 17.4. The smallest absolute Gasteiger partial charge is 0.254 e. The summed E-state index contributed by atoms with van der Waals surface area (Å²) in [5.74, 6) is 1.13. The first-order valence-electron chi connectivity index (χ1n) is 11.7. The molecule has 0 bridgehead atoms. The zero-order valence-corrected chi connectivity index (χ0v) is 21.1. The normalized spacial score (nSPS) is 14.7. The van der Waals surface area contributed by atoms with Crippen molar-refractivity contribution in [1.29, 1.82) is 0 Å². The van der Waals surface area contributed by atoms with Gasteiger partial charge in [0, 0.05) is 30.8 Å². The van der Waals surface area contributed by atoms with E-state index < -0.39 is 6.04 Å². The van der Waals surface area contributed by atoms with Gasteiger partial charge in [-0.05, 0) is 55.7 Å². The Balaban J connectivity index is 1.52. The van der Waals surface area contributed by atoms with Crippen LogP contribution in [0.2, 0.25) is 0 Å². The van der Waals surface area contributed by atoms with Gasteiger partial charge in [-0.3, -0.25) is 14.4 Å². The van der Waals surface area contributed by atoms with Gasteiger partial charge in [-0.25, -0.2) is 0 Å². The highest BCUT2D eigenvalue weighted by Gasteiger charge is 2.35. The van der Waals surface area contributed by atoms with E-state index in [1.165, 1.54) is 21.3 Å². The SMILES string of the molecule is COc1ccc(C(=O)NCCCNC(=O)[C@H]2CCCN2C(=O)c2cc(OC)c(OC)c(OC)c2)cc1. The monoisotopic (exact) mass is 499 g/mol. The Bertz CT molecular complexity index is 1050. The molecule has 0 aliphatic carbocycles. The van der Waals surface area contributed by atoms with Crippen LogP contribution in [0.25, 0.3) is 0 Å². The third-order valence-electron chi connectivity index (χ3n) is 6.02. The fourth-order valence-electron chi connectivity index (χ4n) is 4.12. The van der Waals surface area contributed by atoms with Crippen molar-refractivity contribution in [2.75, 3.05) is 48.1 Å². The molecule has 10 heteroatoms. The van der Waals surface area contributed by atoms with Crippen LogP contribution in [-0.4, -0.2) is 76.7 Å². The van der Waals surface area contributed by atoms with Crippen molar-refractivity contribution in [3.63, 3.8) is 0 Å². The molecule has 0 spiro atoms. The largest absolute Gasteiger partial charge is 0.497 e. The Labute approximate surface area is 210 Å². The molecule has 1 aliphatic rings. The Morgan fingerprint density at radius 1 is 0.861 bits per heavy atom. The molecule has 1 aliphatic heterocycles. The zero-order valence-electron chi connectivity index (χ0n) is 21.1. The average molecular weight is 500 g/mol. The standard InChI is InChI=1S/C26H33N3O7/c1-33-19-10-8-17(9-11-19)24(30)27-12-6-13-28-25(31)20-7-5-14-29(20)26(32)18-15-21(34-2)23(36-4)22(16-18)35-3/h8-11,15-16,20H,5-7,12-14H2,1-4H3,(H,27,30)(H,28,31)/t20-/m1/s1. The van der Waals surface area contributed by atoms with E-state index in [1.54, 1.807) is 48.4 Å². The van der Waals surface area contributed by atoms with Gasteiger partial charge in [0.2, 0.25) is 11.7 Å². The van der Waals surface area contributed by atoms with Gasteiger partial charge in [-0.15, -0.1) is 0 Å². The molecule has 2 N–H and O–H groups in total. The molecule has 0 unspecified atom stereocenters. The Morgan fingerprint density at radius 2 is 1.50 bits per heavy atom. The lowest BCUT2D eigenvalue weighted by Gasteiger charge is -2.25. The quantitative estimate of drug-likeness (QED) is 0.456. The van der Waals surface area contributed by atoms with Gasteiger partial charge in [0.15, 0.2) is 11.5 Å². The van der Waals surface area contributed by atoms with Crippen molar-refractivity contribution >= 4 is 17.7 Å². The Morgan fingerprint density at radius 3 is 2.08 bits per heavy atom. The number of carbonyl (C=O) groups excluding carboxylic acids is 3. The number of rotatable bonds is 11. The summed E-state index contributed by atoms with van der Waals surface area (Å²) in [5, 5.41) is 5.71. The molecule has 10 nitrogen and oxygen atoms in total. The van der Waals surface area contributed by atoms with Crippen molar-refractivity contribution in [1.82, 2.24) is 15.5 Å². The number of hydrogen-bond acceptors (Lipinski definition) is 7. The number of hydrogen-bond donors (Lipinski definition) is 2. The topological polar surface area (TPSA) is 115 Å². The van der Waals surface area contributed by atoms with Crippen LogP contribution >= 0.6 is 0 Å². The van der Waals surface area contributed by atoms with Crippen LogP contribution in [0, 0.1) is 0 Å². The summed E-state index contributed by atoms with van der Waals surface area (Å²) in [6, 6.07) is 9.44. The number of carbonyl (C=O) groups is 3. The Hall–Kier alpha value is -3.95. The summed E-state index contributed by atoms with van der Waals surface area (Å²) >= 11 is 0. The second-order valence-electron chi connectivity index (χ2n) is 8.20. The van der Waals surface area contributed by atoms with Gasteiger partial charge in [0.1, 0.15) is 11.8 Å². The van der Waals surface area contributed by atoms with Gasteiger partial charge >= 0.3 is 0 Å². The van der Waals surface area contributed by atoms with Gasteiger partial charge < -0.3 is 34.5 Å². The van der Waals surface area contributed by atoms with E-state index in [2.05, 4.69) is 10.6 Å². The molecular weight excluding hydrogens is 466 g/mol. The van der Waals surface area contributed by atoms with Gasteiger partial charge in [0.05, 0.1) is 28.4 Å². The maximum absolute atomic E-state index is 13.3. The third-order valence-corrected chi connectivity index (χ3v) is 6.02. The van der Waals surface area contributed by atoms with Crippen LogP contribution in [0.3, 0.4) is 0 Å². The maximum atomic E-state index is 13.3. The van der Waals surface area contributed by atoms with Crippen LogP contribution in [0.4, 0.5) is 0 Å². The zero-order chi connectivity index (χ0) is 26.1. The van der Waals surface area contributed by atoms with Crippen LogP contribution < -0.4 is 29.6 Å². The number of nitrogens with zero attached hydrogens (tertiary/aromatic N) is 1. The molecule has 36 heavy (non-hydrogen) atoms. The highest BCUT2D eigenvalue weighted by molar-refractivity contribution is 5.99. The Kier molecular flexibility index (Phi) is 9.38. The molecule has 0 saturated carbocycles. The minimum atomic E-state index is -0.564. The number of likely N-dealkylation sites (tertiary alicyclic amines) is 1. The molecule has 1 fully saturated rings. The molecule has 1 atom stereocenters. The highest BCUT2D eigenvalue weighted by atomic mass is 16.5. The molecule has 0 aromatic heterocycles. The first-order valence-corrected chi connectivity index (χ1v) is 11.7. The van der Waals surface area contributed by atoms with Gasteiger partial charge in [-0.2, -0.15) is 0 Å². The number of benzene rings is 2. The summed E-state index contributed by atoms with van der Waals surface area (Å²) in [6.07, 6.45) is 1.86. The lowest BCUT2D eigenvalue weighted by molar-refractivity contribution is -0.124. The summed E-state index contributed by atoms with van der Waals surface area (Å²) in [6.45, 7) is 1.26. The molecule has 0 radical (unpaired) electrons. The molecular formula is C26H33N3O7. The van der Waals surface area contributed by atoms with Crippen LogP contribution in [-0.2, 0) is 4.79 Å². The fraction of sp³-hybridized carbons (Fsp3) is 0.423. The highest BCUT2D eigenvalue weighted by Crippen LogP contribution is 2.38. The average Bonchev–Trinajstić information content (AvgIpc) is 3.41. The predicted octanol–water partition coefficient (Wildman–Crippen LogP) is 2.26. The van der Waals surface area contributed by atoms with E-state index in [9.17, 15) is 14.4 Å². The van der Waals surface area contributed by atoms with E-state index in [0.717, 1.165) is 6.42 Å².